The summed E-state index contributed by atoms with van der Waals surface area (Å²) in [4.78, 5) is 11.6. The largest absolute Gasteiger partial charge is 0.478 e. The van der Waals surface area contributed by atoms with E-state index in [1.54, 1.807) is 6.08 Å². The Morgan fingerprint density at radius 1 is 1.10 bits per heavy atom. The highest BCUT2D eigenvalue weighted by Crippen LogP contribution is 2.23. The summed E-state index contributed by atoms with van der Waals surface area (Å²) >= 11 is 0. The van der Waals surface area contributed by atoms with E-state index in [1.807, 2.05) is 56.3 Å². The van der Waals surface area contributed by atoms with Gasteiger partial charge in [-0.05, 0) is 48.6 Å². The van der Waals surface area contributed by atoms with Crippen molar-refractivity contribution in [2.75, 3.05) is 0 Å². The Hall–Kier alpha value is -2.35. The smallest absolute Gasteiger partial charge is 0.336 e. The predicted octanol–water partition coefficient (Wildman–Crippen LogP) is 4.49. The fourth-order valence-electron chi connectivity index (χ4n) is 2.39. The minimum atomic E-state index is -0.901. The Morgan fingerprint density at radius 2 is 1.76 bits per heavy atom. The molecule has 0 aromatic heterocycles. The SMILES string of the molecule is CCc1ccc(/C=C(\C(=O)O)c2ccc(C)cc2C)cc1. The van der Waals surface area contributed by atoms with Gasteiger partial charge in [0.25, 0.3) is 0 Å². The third-order valence-corrected chi connectivity index (χ3v) is 3.60. The molecule has 0 bridgehead atoms. The third kappa shape index (κ3) is 3.60. The van der Waals surface area contributed by atoms with E-state index in [9.17, 15) is 9.90 Å². The lowest BCUT2D eigenvalue weighted by molar-refractivity contribution is -0.130. The van der Waals surface area contributed by atoms with E-state index < -0.39 is 5.97 Å². The average molecular weight is 280 g/mol. The quantitative estimate of drug-likeness (QED) is 0.661. The van der Waals surface area contributed by atoms with Gasteiger partial charge in [-0.2, -0.15) is 0 Å². The van der Waals surface area contributed by atoms with Crippen molar-refractivity contribution in [1.29, 1.82) is 0 Å². The van der Waals surface area contributed by atoms with E-state index in [1.165, 1.54) is 5.56 Å². The lowest BCUT2D eigenvalue weighted by atomic mass is 9.96. The summed E-state index contributed by atoms with van der Waals surface area (Å²) in [5, 5.41) is 9.51. The number of aryl methyl sites for hydroxylation is 3. The van der Waals surface area contributed by atoms with E-state index >= 15 is 0 Å². The van der Waals surface area contributed by atoms with Gasteiger partial charge in [0, 0.05) is 0 Å². The molecular weight excluding hydrogens is 260 g/mol. The number of carboxylic acids is 1. The van der Waals surface area contributed by atoms with Crippen LogP contribution in [-0.2, 0) is 11.2 Å². The van der Waals surface area contributed by atoms with E-state index in [2.05, 4.69) is 6.92 Å². The summed E-state index contributed by atoms with van der Waals surface area (Å²) in [7, 11) is 0. The Morgan fingerprint density at radius 3 is 2.29 bits per heavy atom. The first-order valence-corrected chi connectivity index (χ1v) is 7.13. The van der Waals surface area contributed by atoms with Crippen molar-refractivity contribution < 1.29 is 9.90 Å². The maximum Gasteiger partial charge on any atom is 0.336 e. The van der Waals surface area contributed by atoms with Crippen molar-refractivity contribution in [2.45, 2.75) is 27.2 Å². The van der Waals surface area contributed by atoms with Crippen LogP contribution < -0.4 is 0 Å². The molecule has 0 heterocycles. The Labute approximate surface area is 125 Å². The Kier molecular flexibility index (Phi) is 4.59. The standard InChI is InChI=1S/C19H20O2/c1-4-15-6-8-16(9-7-15)12-18(19(20)21)17-10-5-13(2)11-14(17)3/h5-12H,4H2,1-3H3,(H,20,21)/b18-12-. The topological polar surface area (TPSA) is 37.3 Å². The van der Waals surface area contributed by atoms with Crippen molar-refractivity contribution in [3.63, 3.8) is 0 Å². The van der Waals surface area contributed by atoms with E-state index in [0.29, 0.717) is 5.57 Å². The van der Waals surface area contributed by atoms with Crippen LogP contribution in [0.25, 0.3) is 11.6 Å². The third-order valence-electron chi connectivity index (χ3n) is 3.60. The number of aliphatic carboxylic acids is 1. The summed E-state index contributed by atoms with van der Waals surface area (Å²) in [6, 6.07) is 13.8. The first-order chi connectivity index (χ1) is 10.0. The summed E-state index contributed by atoms with van der Waals surface area (Å²) in [5.41, 5.74) is 5.37. The second kappa shape index (κ2) is 6.40. The Balaban J connectivity index is 2.46. The first-order valence-electron chi connectivity index (χ1n) is 7.13. The zero-order valence-corrected chi connectivity index (χ0v) is 12.7. The highest BCUT2D eigenvalue weighted by Gasteiger charge is 2.13. The van der Waals surface area contributed by atoms with E-state index in [0.717, 1.165) is 28.7 Å². The molecule has 0 amide bonds. The van der Waals surface area contributed by atoms with Crippen molar-refractivity contribution in [1.82, 2.24) is 0 Å². The highest BCUT2D eigenvalue weighted by atomic mass is 16.4. The molecule has 0 atom stereocenters. The van der Waals surface area contributed by atoms with E-state index in [-0.39, 0.29) is 0 Å². The van der Waals surface area contributed by atoms with Gasteiger partial charge in [0.15, 0.2) is 0 Å². The molecule has 0 aliphatic heterocycles. The van der Waals surface area contributed by atoms with Crippen LogP contribution in [-0.4, -0.2) is 11.1 Å². The maximum absolute atomic E-state index is 11.6. The molecular formula is C19H20O2. The van der Waals surface area contributed by atoms with Crippen molar-refractivity contribution in [3.05, 3.63) is 70.3 Å². The normalized spacial score (nSPS) is 11.5. The van der Waals surface area contributed by atoms with Crippen LogP contribution in [0.4, 0.5) is 0 Å². The maximum atomic E-state index is 11.6. The van der Waals surface area contributed by atoms with Gasteiger partial charge in [-0.15, -0.1) is 0 Å². The van der Waals surface area contributed by atoms with Crippen molar-refractivity contribution in [3.8, 4) is 0 Å². The van der Waals surface area contributed by atoms with Crippen LogP contribution in [0, 0.1) is 13.8 Å². The molecule has 0 saturated carbocycles. The van der Waals surface area contributed by atoms with Gasteiger partial charge in [0.05, 0.1) is 5.57 Å². The first kappa shape index (κ1) is 15.0. The molecule has 2 nitrogen and oxygen atoms in total. The van der Waals surface area contributed by atoms with Gasteiger partial charge in [-0.25, -0.2) is 4.79 Å². The molecule has 0 aliphatic rings. The van der Waals surface area contributed by atoms with Crippen LogP contribution in [0.1, 0.15) is 34.7 Å². The van der Waals surface area contributed by atoms with Crippen LogP contribution in [0.2, 0.25) is 0 Å². The van der Waals surface area contributed by atoms with Crippen molar-refractivity contribution >= 4 is 17.6 Å². The van der Waals surface area contributed by atoms with Gasteiger partial charge >= 0.3 is 5.97 Å². The molecule has 1 N–H and O–H groups in total. The minimum Gasteiger partial charge on any atom is -0.478 e. The summed E-state index contributed by atoms with van der Waals surface area (Å²) in [5.74, 6) is -0.901. The molecule has 2 aromatic carbocycles. The van der Waals surface area contributed by atoms with Crippen LogP contribution in [0.5, 0.6) is 0 Å². The number of carboxylic acid groups (broad SMARTS) is 1. The van der Waals surface area contributed by atoms with Crippen LogP contribution in [0.3, 0.4) is 0 Å². The molecule has 21 heavy (non-hydrogen) atoms. The minimum absolute atomic E-state index is 0.330. The zero-order valence-electron chi connectivity index (χ0n) is 12.7. The van der Waals surface area contributed by atoms with Gasteiger partial charge in [0.1, 0.15) is 0 Å². The summed E-state index contributed by atoms with van der Waals surface area (Å²) < 4.78 is 0. The molecule has 2 rings (SSSR count). The molecule has 0 unspecified atom stereocenters. The summed E-state index contributed by atoms with van der Waals surface area (Å²) in [6.07, 6.45) is 2.71. The molecule has 0 spiro atoms. The second-order valence-corrected chi connectivity index (χ2v) is 5.28. The lowest BCUT2D eigenvalue weighted by Gasteiger charge is -2.08. The van der Waals surface area contributed by atoms with E-state index in [4.69, 9.17) is 0 Å². The van der Waals surface area contributed by atoms with Crippen LogP contribution in [0.15, 0.2) is 42.5 Å². The van der Waals surface area contributed by atoms with Gasteiger partial charge in [-0.3, -0.25) is 0 Å². The predicted molar refractivity (Wildman–Crippen MR) is 87.2 cm³/mol. The van der Waals surface area contributed by atoms with Crippen molar-refractivity contribution in [2.24, 2.45) is 0 Å². The molecule has 108 valence electrons. The molecule has 0 radical (unpaired) electrons. The zero-order chi connectivity index (χ0) is 15.4. The number of benzene rings is 2. The molecule has 0 aliphatic carbocycles. The number of rotatable bonds is 4. The molecule has 0 saturated heterocycles. The summed E-state index contributed by atoms with van der Waals surface area (Å²) in [6.45, 7) is 6.05. The van der Waals surface area contributed by atoms with Crippen LogP contribution >= 0.6 is 0 Å². The van der Waals surface area contributed by atoms with Gasteiger partial charge in [-0.1, -0.05) is 55.0 Å². The molecule has 2 heteroatoms. The monoisotopic (exact) mass is 280 g/mol. The highest BCUT2D eigenvalue weighted by molar-refractivity contribution is 6.21. The number of hydrogen-bond donors (Lipinski definition) is 1. The number of hydrogen-bond acceptors (Lipinski definition) is 1. The fraction of sp³-hybridized carbons (Fsp3) is 0.211. The lowest BCUT2D eigenvalue weighted by Crippen LogP contribution is -2.01. The van der Waals surface area contributed by atoms with Gasteiger partial charge < -0.3 is 5.11 Å². The Bertz CT molecular complexity index is 679. The fourth-order valence-corrected chi connectivity index (χ4v) is 2.39. The van der Waals surface area contributed by atoms with Gasteiger partial charge in [0.2, 0.25) is 0 Å². The molecule has 2 aromatic rings. The average Bonchev–Trinajstić information content (AvgIpc) is 2.46. The second-order valence-electron chi connectivity index (χ2n) is 5.28. The number of carbonyl (C=O) groups is 1. The molecule has 0 fully saturated rings.